The molecule has 1 aromatic rings. The van der Waals surface area contributed by atoms with Crippen LogP contribution in [0.25, 0.3) is 0 Å². The predicted octanol–water partition coefficient (Wildman–Crippen LogP) is 3.79. The summed E-state index contributed by atoms with van der Waals surface area (Å²) < 4.78 is 17.0. The molecule has 0 N–H and O–H groups in total. The van der Waals surface area contributed by atoms with Crippen molar-refractivity contribution in [1.29, 1.82) is 0 Å². The van der Waals surface area contributed by atoms with Crippen molar-refractivity contribution in [3.05, 3.63) is 35.9 Å². The number of fused-ring (bicyclic) bond motifs is 1. The van der Waals surface area contributed by atoms with Gasteiger partial charge in [-0.2, -0.15) is 5.10 Å². The molecule has 0 bridgehead atoms. The van der Waals surface area contributed by atoms with Crippen LogP contribution in [0.15, 0.2) is 35.5 Å². The third-order valence-corrected chi connectivity index (χ3v) is 5.92. The van der Waals surface area contributed by atoms with Crippen molar-refractivity contribution in [3.63, 3.8) is 0 Å². The Morgan fingerprint density at radius 2 is 1.72 bits per heavy atom. The number of hydrazone groups is 1. The predicted molar refractivity (Wildman–Crippen MR) is 111 cm³/mol. The molecule has 1 amide bonds. The molecule has 0 aromatic heterocycles. The summed E-state index contributed by atoms with van der Waals surface area (Å²) in [7, 11) is 0. The average Bonchev–Trinajstić information content (AvgIpc) is 2.76. The molecule has 3 aliphatic rings. The number of ether oxygens (including phenoxy) is 3. The largest absolute Gasteiger partial charge is 0.490 e. The lowest BCUT2D eigenvalue weighted by Crippen LogP contribution is -2.50. The van der Waals surface area contributed by atoms with Crippen LogP contribution in [0.3, 0.4) is 0 Å². The zero-order valence-corrected chi connectivity index (χ0v) is 17.3. The number of nitrogens with zero attached hydrogens (tertiary/aromatic N) is 2. The average molecular weight is 399 g/mol. The molecule has 4 rings (SSSR count). The molecule has 6 heteroatoms. The molecule has 156 valence electrons. The molecular formula is C23H30N2O4. The van der Waals surface area contributed by atoms with E-state index in [2.05, 4.69) is 12.2 Å². The third kappa shape index (κ3) is 4.04. The molecule has 6 nitrogen and oxygen atoms in total. The second-order valence-corrected chi connectivity index (χ2v) is 7.69. The Balaban J connectivity index is 1.73. The van der Waals surface area contributed by atoms with Crippen molar-refractivity contribution in [2.75, 3.05) is 26.4 Å². The van der Waals surface area contributed by atoms with E-state index in [0.717, 1.165) is 48.5 Å². The topological polar surface area (TPSA) is 60.4 Å². The standard InChI is InChI=1S/C23H30N2O4/c1-3-28-20-10-9-16(15-21(20)29-4-2)22-18-7-5-6-8-19(18)23(26)25(24-22)17-11-13-27-14-12-17/h5-6,9-10,15,17-19H,3-4,7-8,11-14H2,1-2H3/t18-,19+/m0/s1. The van der Waals surface area contributed by atoms with Crippen molar-refractivity contribution >= 4 is 11.6 Å². The zero-order chi connectivity index (χ0) is 20.2. The Kier molecular flexibility index (Phi) is 6.19. The minimum Gasteiger partial charge on any atom is -0.490 e. The van der Waals surface area contributed by atoms with Gasteiger partial charge in [-0.15, -0.1) is 0 Å². The van der Waals surface area contributed by atoms with E-state index in [1.165, 1.54) is 0 Å². The van der Waals surface area contributed by atoms with E-state index in [4.69, 9.17) is 19.3 Å². The van der Waals surface area contributed by atoms with Gasteiger partial charge in [0.05, 0.1) is 30.9 Å². The maximum absolute atomic E-state index is 13.2. The van der Waals surface area contributed by atoms with E-state index in [9.17, 15) is 4.79 Å². The SMILES string of the molecule is CCOc1ccc(C2=NN(C3CCOCC3)C(=O)[C@@H]3CC=CC[C@H]23)cc1OCC. The van der Waals surface area contributed by atoms with Gasteiger partial charge in [-0.3, -0.25) is 4.79 Å². The fraction of sp³-hybridized carbons (Fsp3) is 0.565. The van der Waals surface area contributed by atoms with Gasteiger partial charge in [0.15, 0.2) is 11.5 Å². The molecular weight excluding hydrogens is 368 g/mol. The molecule has 29 heavy (non-hydrogen) atoms. The molecule has 0 spiro atoms. The minimum atomic E-state index is -0.0440. The minimum absolute atomic E-state index is 0.0440. The Labute approximate surface area is 172 Å². The number of benzene rings is 1. The maximum Gasteiger partial charge on any atom is 0.247 e. The van der Waals surface area contributed by atoms with E-state index in [1.807, 2.05) is 32.0 Å². The highest BCUT2D eigenvalue weighted by Crippen LogP contribution is 2.38. The van der Waals surface area contributed by atoms with Crippen LogP contribution in [-0.4, -0.2) is 49.1 Å². The second-order valence-electron chi connectivity index (χ2n) is 7.69. The van der Waals surface area contributed by atoms with E-state index in [-0.39, 0.29) is 23.8 Å². The van der Waals surface area contributed by atoms with Gasteiger partial charge in [0.25, 0.3) is 0 Å². The lowest BCUT2D eigenvalue weighted by atomic mass is 9.76. The lowest BCUT2D eigenvalue weighted by molar-refractivity contribution is -0.142. The van der Waals surface area contributed by atoms with E-state index >= 15 is 0 Å². The second kappa shape index (κ2) is 8.99. The van der Waals surface area contributed by atoms with Gasteiger partial charge in [-0.05, 0) is 57.7 Å². The smallest absolute Gasteiger partial charge is 0.247 e. The van der Waals surface area contributed by atoms with Gasteiger partial charge in [-0.1, -0.05) is 12.2 Å². The summed E-state index contributed by atoms with van der Waals surface area (Å²) in [5.41, 5.74) is 1.99. The van der Waals surface area contributed by atoms with Crippen LogP contribution in [0.2, 0.25) is 0 Å². The van der Waals surface area contributed by atoms with Gasteiger partial charge in [0, 0.05) is 24.7 Å². The molecule has 0 saturated carbocycles. The monoisotopic (exact) mass is 398 g/mol. The number of hydrogen-bond donors (Lipinski definition) is 0. The molecule has 1 saturated heterocycles. The van der Waals surface area contributed by atoms with Crippen LogP contribution in [0.5, 0.6) is 11.5 Å². The molecule has 2 aliphatic heterocycles. The van der Waals surface area contributed by atoms with E-state index < -0.39 is 0 Å². The molecule has 2 heterocycles. The molecule has 1 fully saturated rings. The molecule has 0 unspecified atom stereocenters. The summed E-state index contributed by atoms with van der Waals surface area (Å²) in [5.74, 6) is 1.69. The van der Waals surface area contributed by atoms with Gasteiger partial charge in [0.1, 0.15) is 0 Å². The quantitative estimate of drug-likeness (QED) is 0.684. The summed E-state index contributed by atoms with van der Waals surface area (Å²) >= 11 is 0. The first-order chi connectivity index (χ1) is 14.2. The molecule has 0 radical (unpaired) electrons. The van der Waals surface area contributed by atoms with Crippen LogP contribution in [0, 0.1) is 11.8 Å². The van der Waals surface area contributed by atoms with Crippen LogP contribution in [-0.2, 0) is 9.53 Å². The Morgan fingerprint density at radius 3 is 2.45 bits per heavy atom. The summed E-state index contributed by atoms with van der Waals surface area (Å²) in [6.45, 7) is 6.45. The first kappa shape index (κ1) is 20.0. The Morgan fingerprint density at radius 1 is 1.03 bits per heavy atom. The van der Waals surface area contributed by atoms with Crippen LogP contribution in [0.4, 0.5) is 0 Å². The Bertz CT molecular complexity index is 798. The van der Waals surface area contributed by atoms with Crippen LogP contribution < -0.4 is 9.47 Å². The first-order valence-electron chi connectivity index (χ1n) is 10.8. The molecule has 1 aromatic carbocycles. The maximum atomic E-state index is 13.2. The van der Waals surface area contributed by atoms with Crippen LogP contribution in [0.1, 0.15) is 45.1 Å². The van der Waals surface area contributed by atoms with Gasteiger partial charge < -0.3 is 14.2 Å². The van der Waals surface area contributed by atoms with Gasteiger partial charge >= 0.3 is 0 Å². The highest BCUT2D eigenvalue weighted by molar-refractivity contribution is 6.07. The highest BCUT2D eigenvalue weighted by atomic mass is 16.5. The summed E-state index contributed by atoms with van der Waals surface area (Å²) in [4.78, 5) is 13.2. The summed E-state index contributed by atoms with van der Waals surface area (Å²) in [5, 5.41) is 6.69. The Hall–Kier alpha value is -2.34. The zero-order valence-electron chi connectivity index (χ0n) is 17.3. The third-order valence-electron chi connectivity index (χ3n) is 5.92. The number of allylic oxidation sites excluding steroid dienone is 2. The number of carbonyl (C=O) groups is 1. The van der Waals surface area contributed by atoms with Crippen molar-refractivity contribution in [2.45, 2.75) is 45.6 Å². The number of rotatable bonds is 6. The van der Waals surface area contributed by atoms with E-state index in [0.29, 0.717) is 26.4 Å². The fourth-order valence-electron chi connectivity index (χ4n) is 4.47. The van der Waals surface area contributed by atoms with Crippen molar-refractivity contribution < 1.29 is 19.0 Å². The van der Waals surface area contributed by atoms with Crippen molar-refractivity contribution in [2.24, 2.45) is 16.9 Å². The highest BCUT2D eigenvalue weighted by Gasteiger charge is 2.42. The van der Waals surface area contributed by atoms with E-state index in [1.54, 1.807) is 5.01 Å². The molecule has 1 aliphatic carbocycles. The van der Waals surface area contributed by atoms with Crippen molar-refractivity contribution in [1.82, 2.24) is 5.01 Å². The number of carbonyl (C=O) groups excluding carboxylic acids is 1. The van der Waals surface area contributed by atoms with Crippen LogP contribution >= 0.6 is 0 Å². The first-order valence-corrected chi connectivity index (χ1v) is 10.8. The number of amides is 1. The normalized spacial score (nSPS) is 24.8. The van der Waals surface area contributed by atoms with Gasteiger partial charge in [-0.25, -0.2) is 5.01 Å². The lowest BCUT2D eigenvalue weighted by Gasteiger charge is -2.41. The van der Waals surface area contributed by atoms with Crippen molar-refractivity contribution in [3.8, 4) is 11.5 Å². The number of hydrogen-bond acceptors (Lipinski definition) is 5. The van der Waals surface area contributed by atoms with Gasteiger partial charge in [0.2, 0.25) is 5.91 Å². The summed E-state index contributed by atoms with van der Waals surface area (Å²) in [6, 6.07) is 6.13. The summed E-state index contributed by atoms with van der Waals surface area (Å²) in [6.07, 6.45) is 7.60. The molecule has 2 atom stereocenters. The fourth-order valence-corrected chi connectivity index (χ4v) is 4.47.